The lowest BCUT2D eigenvalue weighted by Crippen LogP contribution is -2.07. The van der Waals surface area contributed by atoms with Crippen LogP contribution in [0.15, 0.2) is 0 Å². The minimum atomic E-state index is -1.02. The van der Waals surface area contributed by atoms with Crippen LogP contribution in [0.1, 0.15) is 23.3 Å². The summed E-state index contributed by atoms with van der Waals surface area (Å²) >= 11 is 0.921. The van der Waals surface area contributed by atoms with Crippen molar-refractivity contribution >= 4 is 23.5 Å². The molecule has 0 unspecified atom stereocenters. The smallest absolute Gasteiger partial charge is 0.359 e. The Labute approximate surface area is 72.8 Å². The fourth-order valence-corrected chi connectivity index (χ4v) is 1.35. The van der Waals surface area contributed by atoms with Gasteiger partial charge < -0.3 is 10.4 Å². The lowest BCUT2D eigenvalue weighted by Gasteiger charge is -1.98. The molecule has 64 valence electrons. The molecule has 1 aliphatic rings. The van der Waals surface area contributed by atoms with Crippen molar-refractivity contribution in [1.82, 2.24) is 8.75 Å². The first-order valence-electron chi connectivity index (χ1n) is 3.60. The van der Waals surface area contributed by atoms with Gasteiger partial charge in [-0.25, -0.2) is 4.79 Å². The minimum absolute atomic E-state index is 0.0342. The largest absolute Gasteiger partial charge is 0.476 e. The molecule has 1 aromatic heterocycles. The second kappa shape index (κ2) is 2.71. The van der Waals surface area contributed by atoms with E-state index in [4.69, 9.17) is 5.11 Å². The maximum Gasteiger partial charge on any atom is 0.359 e. The Bertz CT molecular complexity index is 307. The van der Waals surface area contributed by atoms with Gasteiger partial charge in [-0.15, -0.1) is 0 Å². The number of rotatable bonds is 3. The van der Waals surface area contributed by atoms with Crippen molar-refractivity contribution in [2.45, 2.75) is 18.9 Å². The number of carboxylic acid groups (broad SMARTS) is 1. The van der Waals surface area contributed by atoms with Gasteiger partial charge in [0.2, 0.25) is 5.69 Å². The summed E-state index contributed by atoms with van der Waals surface area (Å²) in [6.45, 7) is 0. The lowest BCUT2D eigenvalue weighted by atomic mass is 10.4. The van der Waals surface area contributed by atoms with Crippen molar-refractivity contribution in [3.05, 3.63) is 5.69 Å². The summed E-state index contributed by atoms with van der Waals surface area (Å²) in [7, 11) is 0. The third-order valence-corrected chi connectivity index (χ3v) is 2.14. The van der Waals surface area contributed by atoms with Crippen molar-refractivity contribution in [2.24, 2.45) is 0 Å². The predicted molar refractivity (Wildman–Crippen MR) is 43.5 cm³/mol. The van der Waals surface area contributed by atoms with E-state index in [1.165, 1.54) is 0 Å². The van der Waals surface area contributed by atoms with Crippen LogP contribution in [0.3, 0.4) is 0 Å². The number of carbonyl (C=O) groups is 1. The van der Waals surface area contributed by atoms with Gasteiger partial charge in [0, 0.05) is 6.04 Å². The molecule has 1 saturated carbocycles. The molecule has 5 nitrogen and oxygen atoms in total. The second-order valence-electron chi connectivity index (χ2n) is 2.69. The third kappa shape index (κ3) is 1.38. The molecule has 0 amide bonds. The zero-order valence-electron chi connectivity index (χ0n) is 6.15. The highest BCUT2D eigenvalue weighted by Gasteiger charge is 2.25. The molecule has 1 aliphatic carbocycles. The summed E-state index contributed by atoms with van der Waals surface area (Å²) < 4.78 is 7.52. The number of hydrogen-bond donors (Lipinski definition) is 2. The van der Waals surface area contributed by atoms with Crippen LogP contribution in [0, 0.1) is 0 Å². The summed E-state index contributed by atoms with van der Waals surface area (Å²) in [5.41, 5.74) is 0.0342. The molecule has 6 heteroatoms. The molecule has 0 radical (unpaired) electrons. The molecule has 1 fully saturated rings. The van der Waals surface area contributed by atoms with Crippen LogP contribution in [0.25, 0.3) is 0 Å². The summed E-state index contributed by atoms with van der Waals surface area (Å²) in [6.07, 6.45) is 2.19. The number of carboxylic acids is 1. The molecule has 1 heterocycles. The highest BCUT2D eigenvalue weighted by molar-refractivity contribution is 6.99. The maximum absolute atomic E-state index is 10.5. The number of aromatic nitrogens is 2. The second-order valence-corrected chi connectivity index (χ2v) is 3.21. The number of hydrogen-bond acceptors (Lipinski definition) is 5. The van der Waals surface area contributed by atoms with Gasteiger partial charge in [-0.3, -0.25) is 0 Å². The van der Waals surface area contributed by atoms with Crippen LogP contribution in [0.4, 0.5) is 5.82 Å². The van der Waals surface area contributed by atoms with Crippen LogP contribution < -0.4 is 5.32 Å². The first-order chi connectivity index (χ1) is 5.77. The van der Waals surface area contributed by atoms with Crippen LogP contribution in [-0.2, 0) is 0 Å². The van der Waals surface area contributed by atoms with Crippen molar-refractivity contribution < 1.29 is 9.90 Å². The Kier molecular flexibility index (Phi) is 1.69. The number of nitrogens with zero attached hydrogens (tertiary/aromatic N) is 2. The zero-order valence-corrected chi connectivity index (χ0v) is 6.97. The van der Waals surface area contributed by atoms with Gasteiger partial charge in [0.25, 0.3) is 0 Å². The van der Waals surface area contributed by atoms with Crippen molar-refractivity contribution in [2.75, 3.05) is 5.32 Å². The average molecular weight is 185 g/mol. The van der Waals surface area contributed by atoms with Gasteiger partial charge in [0.1, 0.15) is 0 Å². The predicted octanol–water partition coefficient (Wildman–Crippen LogP) is 0.811. The molecule has 2 rings (SSSR count). The first-order valence-corrected chi connectivity index (χ1v) is 4.33. The Morgan fingerprint density at radius 3 is 2.92 bits per heavy atom. The molecule has 0 atom stereocenters. The van der Waals surface area contributed by atoms with Gasteiger partial charge in [0.05, 0.1) is 11.7 Å². The summed E-state index contributed by atoms with van der Waals surface area (Å²) in [4.78, 5) is 10.5. The van der Waals surface area contributed by atoms with E-state index in [0.29, 0.717) is 11.9 Å². The van der Waals surface area contributed by atoms with E-state index in [9.17, 15) is 4.79 Å². The number of aromatic carboxylic acids is 1. The minimum Gasteiger partial charge on any atom is -0.476 e. The lowest BCUT2D eigenvalue weighted by molar-refractivity contribution is 0.0693. The third-order valence-electron chi connectivity index (χ3n) is 1.61. The Morgan fingerprint density at radius 2 is 2.33 bits per heavy atom. The van der Waals surface area contributed by atoms with Crippen LogP contribution >= 0.6 is 11.7 Å². The molecule has 0 aliphatic heterocycles. The quantitative estimate of drug-likeness (QED) is 0.728. The van der Waals surface area contributed by atoms with E-state index in [1.54, 1.807) is 0 Å². The molecule has 0 bridgehead atoms. The van der Waals surface area contributed by atoms with Crippen molar-refractivity contribution in [3.8, 4) is 0 Å². The van der Waals surface area contributed by atoms with Gasteiger partial charge in [-0.1, -0.05) is 0 Å². The summed E-state index contributed by atoms with van der Waals surface area (Å²) in [5, 5.41) is 11.7. The Hall–Kier alpha value is -1.17. The fraction of sp³-hybridized carbons (Fsp3) is 0.500. The number of nitrogens with one attached hydrogen (secondary N) is 1. The van der Waals surface area contributed by atoms with Crippen molar-refractivity contribution in [1.29, 1.82) is 0 Å². The maximum atomic E-state index is 10.5. The van der Waals surface area contributed by atoms with Crippen LogP contribution in [0.2, 0.25) is 0 Å². The average Bonchev–Trinajstić information content (AvgIpc) is 2.66. The molecule has 0 spiro atoms. The highest BCUT2D eigenvalue weighted by Crippen LogP contribution is 2.25. The van der Waals surface area contributed by atoms with Gasteiger partial charge in [-0.2, -0.15) is 8.75 Å². The summed E-state index contributed by atoms with van der Waals surface area (Å²) in [5.74, 6) is -0.609. The van der Waals surface area contributed by atoms with Gasteiger partial charge in [0.15, 0.2) is 5.82 Å². The van der Waals surface area contributed by atoms with Crippen molar-refractivity contribution in [3.63, 3.8) is 0 Å². The van der Waals surface area contributed by atoms with E-state index in [0.717, 1.165) is 24.6 Å². The van der Waals surface area contributed by atoms with E-state index in [-0.39, 0.29) is 5.69 Å². The first kappa shape index (κ1) is 7.48. The molecule has 12 heavy (non-hydrogen) atoms. The van der Waals surface area contributed by atoms with Crippen LogP contribution in [-0.4, -0.2) is 25.9 Å². The van der Waals surface area contributed by atoms with E-state index >= 15 is 0 Å². The van der Waals surface area contributed by atoms with Crippen LogP contribution in [0.5, 0.6) is 0 Å². The van der Waals surface area contributed by atoms with Gasteiger partial charge in [-0.05, 0) is 12.8 Å². The monoisotopic (exact) mass is 185 g/mol. The fourth-order valence-electron chi connectivity index (χ4n) is 0.845. The zero-order chi connectivity index (χ0) is 8.55. The van der Waals surface area contributed by atoms with E-state index < -0.39 is 5.97 Å². The molecular weight excluding hydrogens is 178 g/mol. The van der Waals surface area contributed by atoms with E-state index in [1.807, 2.05) is 0 Å². The topological polar surface area (TPSA) is 75.1 Å². The normalized spacial score (nSPS) is 16.0. The van der Waals surface area contributed by atoms with E-state index in [2.05, 4.69) is 14.1 Å². The van der Waals surface area contributed by atoms with Gasteiger partial charge >= 0.3 is 5.97 Å². The number of anilines is 1. The highest BCUT2D eigenvalue weighted by atomic mass is 32.1. The standard InChI is InChI=1S/C6H7N3O2S/c10-6(11)4-5(9-12-8-4)7-3-1-2-3/h3H,1-2H2,(H,7,9)(H,10,11). The Balaban J connectivity index is 2.17. The molecular formula is C6H7N3O2S. The molecule has 0 saturated heterocycles. The molecule has 1 aromatic rings. The SMILES string of the molecule is O=C(O)c1nsnc1NC1CC1. The molecule has 2 N–H and O–H groups in total. The molecule has 0 aromatic carbocycles. The summed E-state index contributed by atoms with van der Waals surface area (Å²) in [6, 6.07) is 0.409. The Morgan fingerprint density at radius 1 is 1.58 bits per heavy atom.